The van der Waals surface area contributed by atoms with Crippen LogP contribution in [0.4, 0.5) is 5.13 Å². The Morgan fingerprint density at radius 2 is 2.10 bits per heavy atom. The third-order valence-corrected chi connectivity index (χ3v) is 5.19. The molecule has 2 aromatic rings. The maximum atomic E-state index is 5.49. The van der Waals surface area contributed by atoms with E-state index in [1.54, 1.807) is 18.4 Å². The van der Waals surface area contributed by atoms with Crippen molar-refractivity contribution in [2.24, 2.45) is 0 Å². The summed E-state index contributed by atoms with van der Waals surface area (Å²) in [6.45, 7) is 6.34. The minimum absolute atomic E-state index is 0.538. The molecule has 2 heterocycles. The molecule has 0 N–H and O–H groups in total. The molecule has 3 nitrogen and oxygen atoms in total. The van der Waals surface area contributed by atoms with Gasteiger partial charge in [-0.25, -0.2) is 4.98 Å². The molecule has 0 spiro atoms. The molecule has 1 saturated heterocycles. The van der Waals surface area contributed by atoms with Gasteiger partial charge in [-0.15, -0.1) is 11.3 Å². The first kappa shape index (κ1) is 13.4. The fourth-order valence-corrected chi connectivity index (χ4v) is 3.73. The Labute approximate surface area is 124 Å². The van der Waals surface area contributed by atoms with E-state index in [9.17, 15) is 0 Å². The van der Waals surface area contributed by atoms with Crippen LogP contribution >= 0.6 is 11.3 Å². The zero-order chi connectivity index (χ0) is 14.1. The summed E-state index contributed by atoms with van der Waals surface area (Å²) in [5, 5.41) is 1.16. The van der Waals surface area contributed by atoms with Gasteiger partial charge >= 0.3 is 0 Å². The molecule has 0 saturated carbocycles. The lowest BCUT2D eigenvalue weighted by Crippen LogP contribution is -2.19. The lowest BCUT2D eigenvalue weighted by Gasteiger charge is -2.16. The molecule has 0 radical (unpaired) electrons. The van der Waals surface area contributed by atoms with Crippen molar-refractivity contribution >= 4 is 16.5 Å². The Morgan fingerprint density at radius 1 is 1.30 bits per heavy atom. The van der Waals surface area contributed by atoms with Crippen LogP contribution < -0.4 is 9.64 Å². The Bertz CT molecular complexity index is 589. The second kappa shape index (κ2) is 5.44. The molecule has 106 valence electrons. The molecule has 1 aliphatic rings. The summed E-state index contributed by atoms with van der Waals surface area (Å²) in [5.41, 5.74) is 2.48. The quantitative estimate of drug-likeness (QED) is 0.860. The van der Waals surface area contributed by atoms with Crippen LogP contribution in [0.2, 0.25) is 0 Å². The molecular formula is C16H20N2OS. The minimum Gasteiger partial charge on any atom is -0.496 e. The topological polar surface area (TPSA) is 25.4 Å². The Hall–Kier alpha value is -1.55. The molecule has 1 aromatic heterocycles. The van der Waals surface area contributed by atoms with Crippen molar-refractivity contribution in [3.8, 4) is 5.75 Å². The van der Waals surface area contributed by atoms with Crippen molar-refractivity contribution in [2.75, 3.05) is 25.1 Å². The van der Waals surface area contributed by atoms with Gasteiger partial charge in [-0.3, -0.25) is 0 Å². The van der Waals surface area contributed by atoms with Crippen LogP contribution in [0, 0.1) is 13.8 Å². The van der Waals surface area contributed by atoms with E-state index in [4.69, 9.17) is 4.74 Å². The summed E-state index contributed by atoms with van der Waals surface area (Å²) in [4.78, 5) is 8.40. The lowest BCUT2D eigenvalue weighted by atomic mass is 9.97. The highest BCUT2D eigenvalue weighted by molar-refractivity contribution is 7.15. The molecule has 4 heteroatoms. The Balaban J connectivity index is 1.79. The predicted molar refractivity (Wildman–Crippen MR) is 84.2 cm³/mol. The largest absolute Gasteiger partial charge is 0.496 e. The van der Waals surface area contributed by atoms with Gasteiger partial charge in [0.25, 0.3) is 0 Å². The van der Waals surface area contributed by atoms with Crippen molar-refractivity contribution < 1.29 is 4.74 Å². The van der Waals surface area contributed by atoms with E-state index >= 15 is 0 Å². The number of anilines is 1. The maximum absolute atomic E-state index is 5.49. The number of rotatable bonds is 3. The highest BCUT2D eigenvalue weighted by Gasteiger charge is 2.27. The molecule has 1 fully saturated rings. The van der Waals surface area contributed by atoms with Crippen LogP contribution in [0.25, 0.3) is 0 Å². The van der Waals surface area contributed by atoms with Gasteiger partial charge in [0.1, 0.15) is 5.75 Å². The maximum Gasteiger partial charge on any atom is 0.185 e. The van der Waals surface area contributed by atoms with Crippen molar-refractivity contribution in [3.63, 3.8) is 0 Å². The highest BCUT2D eigenvalue weighted by Crippen LogP contribution is 2.36. The van der Waals surface area contributed by atoms with E-state index < -0.39 is 0 Å². The summed E-state index contributed by atoms with van der Waals surface area (Å²) in [5.74, 6) is 1.54. The molecule has 3 rings (SSSR count). The van der Waals surface area contributed by atoms with Gasteiger partial charge in [-0.1, -0.05) is 18.2 Å². The van der Waals surface area contributed by atoms with Crippen LogP contribution in [0.5, 0.6) is 5.75 Å². The second-order valence-corrected chi connectivity index (χ2v) is 6.49. The van der Waals surface area contributed by atoms with Crippen molar-refractivity contribution in [2.45, 2.75) is 26.2 Å². The fraction of sp³-hybridized carbons (Fsp3) is 0.438. The number of thiazole rings is 1. The normalized spacial score (nSPS) is 18.6. The molecular weight excluding hydrogens is 268 g/mol. The lowest BCUT2D eigenvalue weighted by molar-refractivity contribution is 0.406. The average molecular weight is 288 g/mol. The highest BCUT2D eigenvalue weighted by atomic mass is 32.1. The van der Waals surface area contributed by atoms with Gasteiger partial charge in [0.2, 0.25) is 0 Å². The smallest absolute Gasteiger partial charge is 0.185 e. The van der Waals surface area contributed by atoms with Crippen LogP contribution in [-0.2, 0) is 0 Å². The van der Waals surface area contributed by atoms with Crippen LogP contribution in [0.15, 0.2) is 24.3 Å². The Kier molecular flexibility index (Phi) is 3.66. The minimum atomic E-state index is 0.538. The van der Waals surface area contributed by atoms with Crippen LogP contribution in [0.3, 0.4) is 0 Å². The molecule has 20 heavy (non-hydrogen) atoms. The first-order valence-electron chi connectivity index (χ1n) is 7.01. The van der Waals surface area contributed by atoms with E-state index in [1.807, 2.05) is 6.07 Å². The van der Waals surface area contributed by atoms with Gasteiger partial charge in [-0.2, -0.15) is 0 Å². The number of nitrogens with zero attached hydrogens (tertiary/aromatic N) is 2. The average Bonchev–Trinajstić information content (AvgIpc) is 3.07. The zero-order valence-electron chi connectivity index (χ0n) is 12.2. The Morgan fingerprint density at radius 3 is 2.80 bits per heavy atom. The summed E-state index contributed by atoms with van der Waals surface area (Å²) >= 11 is 1.80. The number of benzene rings is 1. The van der Waals surface area contributed by atoms with Crippen molar-refractivity contribution in [3.05, 3.63) is 40.4 Å². The van der Waals surface area contributed by atoms with E-state index in [0.717, 1.165) is 36.1 Å². The number of ether oxygens (including phenoxy) is 1. The molecule has 0 bridgehead atoms. The third kappa shape index (κ3) is 2.40. The summed E-state index contributed by atoms with van der Waals surface area (Å²) in [6.07, 6.45) is 1.16. The molecule has 0 amide bonds. The fourth-order valence-electron chi connectivity index (χ4n) is 2.78. The SMILES string of the molecule is COc1ccccc1C1CCN(c2nc(C)c(C)s2)C1. The van der Waals surface area contributed by atoms with Gasteiger partial charge in [0.15, 0.2) is 5.13 Å². The summed E-state index contributed by atoms with van der Waals surface area (Å²) in [7, 11) is 1.75. The molecule has 0 aliphatic carbocycles. The van der Waals surface area contributed by atoms with Gasteiger partial charge in [0.05, 0.1) is 12.8 Å². The van der Waals surface area contributed by atoms with Crippen LogP contribution in [0.1, 0.15) is 28.5 Å². The second-order valence-electron chi connectivity index (χ2n) is 5.31. The molecule has 1 aliphatic heterocycles. The first-order chi connectivity index (χ1) is 9.69. The molecule has 1 atom stereocenters. The van der Waals surface area contributed by atoms with E-state index in [1.165, 1.54) is 10.4 Å². The standard InChI is InChI=1S/C16H20N2OS/c1-11-12(2)20-16(17-11)18-9-8-13(10-18)14-6-4-5-7-15(14)19-3/h4-7,13H,8-10H2,1-3H3. The number of methoxy groups -OCH3 is 1. The first-order valence-corrected chi connectivity index (χ1v) is 7.82. The van der Waals surface area contributed by atoms with E-state index in [2.05, 4.69) is 41.9 Å². The number of hydrogen-bond donors (Lipinski definition) is 0. The molecule has 1 aromatic carbocycles. The number of hydrogen-bond acceptors (Lipinski definition) is 4. The summed E-state index contributed by atoms with van der Waals surface area (Å²) < 4.78 is 5.49. The monoisotopic (exact) mass is 288 g/mol. The van der Waals surface area contributed by atoms with Gasteiger partial charge < -0.3 is 9.64 Å². The van der Waals surface area contributed by atoms with E-state index in [-0.39, 0.29) is 0 Å². The number of aryl methyl sites for hydroxylation is 2. The number of aromatic nitrogens is 1. The zero-order valence-corrected chi connectivity index (χ0v) is 13.0. The third-order valence-electron chi connectivity index (χ3n) is 4.05. The van der Waals surface area contributed by atoms with Crippen molar-refractivity contribution in [1.82, 2.24) is 4.98 Å². The van der Waals surface area contributed by atoms with Crippen molar-refractivity contribution in [1.29, 1.82) is 0 Å². The van der Waals surface area contributed by atoms with Gasteiger partial charge in [-0.05, 0) is 31.9 Å². The summed E-state index contributed by atoms with van der Waals surface area (Å²) in [6, 6.07) is 8.36. The molecule has 1 unspecified atom stereocenters. The predicted octanol–water partition coefficient (Wildman–Crippen LogP) is 3.76. The number of para-hydroxylation sites is 1. The van der Waals surface area contributed by atoms with Crippen LogP contribution in [-0.4, -0.2) is 25.2 Å². The van der Waals surface area contributed by atoms with E-state index in [0.29, 0.717) is 5.92 Å². The van der Waals surface area contributed by atoms with Gasteiger partial charge in [0, 0.05) is 23.9 Å².